The zero-order chi connectivity index (χ0) is 17.9. The normalized spacial score (nSPS) is 17.8. The van der Waals surface area contributed by atoms with Crippen LogP contribution in [0.25, 0.3) is 0 Å². The summed E-state index contributed by atoms with van der Waals surface area (Å²) in [6.07, 6.45) is 1.43. The molecule has 0 aliphatic carbocycles. The SMILES string of the molecule is CC(=O)Oc1ccc2c(c1)NC=NC2(Nc1ccccc1)OC(C)=O. The molecule has 0 aromatic heterocycles. The molecule has 0 spiro atoms. The van der Waals surface area contributed by atoms with Gasteiger partial charge in [-0.15, -0.1) is 0 Å². The number of ether oxygens (including phenoxy) is 2. The molecule has 2 aromatic carbocycles. The Balaban J connectivity index is 2.04. The Hall–Kier alpha value is -3.35. The number of nitrogens with one attached hydrogen (secondary N) is 2. The van der Waals surface area contributed by atoms with Crippen LogP contribution in [0.3, 0.4) is 0 Å². The molecule has 3 rings (SSSR count). The van der Waals surface area contributed by atoms with Gasteiger partial charge < -0.3 is 20.1 Å². The highest BCUT2D eigenvalue weighted by molar-refractivity contribution is 5.83. The van der Waals surface area contributed by atoms with Crippen molar-refractivity contribution in [1.29, 1.82) is 0 Å². The van der Waals surface area contributed by atoms with Crippen LogP contribution in [0.4, 0.5) is 11.4 Å². The van der Waals surface area contributed by atoms with Crippen molar-refractivity contribution in [2.45, 2.75) is 19.7 Å². The second-order valence-electron chi connectivity index (χ2n) is 5.43. The number of carbonyl (C=O) groups excluding carboxylic acids is 2. The number of hydrogen-bond donors (Lipinski definition) is 2. The van der Waals surface area contributed by atoms with Crippen LogP contribution in [-0.2, 0) is 20.2 Å². The van der Waals surface area contributed by atoms with Crippen LogP contribution >= 0.6 is 0 Å². The maximum absolute atomic E-state index is 11.7. The fourth-order valence-electron chi connectivity index (χ4n) is 2.56. The highest BCUT2D eigenvalue weighted by atomic mass is 16.6. The average molecular weight is 339 g/mol. The molecule has 2 aromatic rings. The Morgan fingerprint density at radius 2 is 1.84 bits per heavy atom. The summed E-state index contributed by atoms with van der Waals surface area (Å²) in [6, 6.07) is 14.2. The Labute approximate surface area is 144 Å². The zero-order valence-electron chi connectivity index (χ0n) is 13.8. The highest BCUT2D eigenvalue weighted by Crippen LogP contribution is 2.38. The van der Waals surface area contributed by atoms with Crippen molar-refractivity contribution < 1.29 is 19.1 Å². The molecule has 2 N–H and O–H groups in total. The second-order valence-corrected chi connectivity index (χ2v) is 5.43. The van der Waals surface area contributed by atoms with Gasteiger partial charge in [0.05, 0.1) is 17.6 Å². The van der Waals surface area contributed by atoms with E-state index in [0.717, 1.165) is 5.69 Å². The lowest BCUT2D eigenvalue weighted by atomic mass is 10.1. The minimum Gasteiger partial charge on any atom is -0.427 e. The molecular formula is C18H17N3O4. The Morgan fingerprint density at radius 1 is 1.08 bits per heavy atom. The number of esters is 2. The quantitative estimate of drug-likeness (QED) is 0.506. The third kappa shape index (κ3) is 3.60. The molecule has 7 nitrogen and oxygen atoms in total. The Kier molecular flexibility index (Phi) is 4.38. The van der Waals surface area contributed by atoms with Crippen LogP contribution in [0.2, 0.25) is 0 Å². The molecule has 7 heteroatoms. The minimum absolute atomic E-state index is 0.380. The van der Waals surface area contributed by atoms with Gasteiger partial charge in [0.2, 0.25) is 0 Å². The third-order valence-corrected chi connectivity index (χ3v) is 3.46. The number of aliphatic imine (C=N–C) groups is 1. The summed E-state index contributed by atoms with van der Waals surface area (Å²) >= 11 is 0. The van der Waals surface area contributed by atoms with E-state index in [2.05, 4.69) is 15.6 Å². The van der Waals surface area contributed by atoms with Gasteiger partial charge in [-0.2, -0.15) is 0 Å². The van der Waals surface area contributed by atoms with Gasteiger partial charge >= 0.3 is 17.8 Å². The highest BCUT2D eigenvalue weighted by Gasteiger charge is 2.39. The van der Waals surface area contributed by atoms with Crippen LogP contribution in [0, 0.1) is 0 Å². The van der Waals surface area contributed by atoms with E-state index in [1.807, 2.05) is 30.3 Å². The molecular weight excluding hydrogens is 322 g/mol. The summed E-state index contributed by atoms with van der Waals surface area (Å²) in [6.45, 7) is 2.65. The monoisotopic (exact) mass is 339 g/mol. The zero-order valence-corrected chi connectivity index (χ0v) is 13.8. The van der Waals surface area contributed by atoms with Crippen molar-refractivity contribution in [2.24, 2.45) is 4.99 Å². The summed E-state index contributed by atoms with van der Waals surface area (Å²) in [5, 5.41) is 6.13. The lowest BCUT2D eigenvalue weighted by molar-refractivity contribution is -0.154. The fourth-order valence-corrected chi connectivity index (χ4v) is 2.56. The standard InChI is InChI=1S/C18H17N3O4/c1-12(22)24-15-8-9-16-17(10-15)19-11-20-18(16,25-13(2)23)21-14-6-4-3-5-7-14/h3-11,21H,1-2H3,(H,19,20). The number of rotatable bonds is 4. The van der Waals surface area contributed by atoms with Crippen LogP contribution in [0.1, 0.15) is 19.4 Å². The molecule has 25 heavy (non-hydrogen) atoms. The van der Waals surface area contributed by atoms with Gasteiger partial charge in [0, 0.05) is 25.6 Å². The number of nitrogens with zero attached hydrogens (tertiary/aromatic N) is 1. The van der Waals surface area contributed by atoms with E-state index in [-0.39, 0.29) is 0 Å². The fraction of sp³-hybridized carbons (Fsp3) is 0.167. The number of anilines is 2. The molecule has 1 unspecified atom stereocenters. The molecule has 1 aliphatic heterocycles. The molecule has 128 valence electrons. The number of benzene rings is 2. The first-order valence-electron chi connectivity index (χ1n) is 7.64. The minimum atomic E-state index is -1.41. The Morgan fingerprint density at radius 3 is 2.52 bits per heavy atom. The largest absolute Gasteiger partial charge is 0.427 e. The van der Waals surface area contributed by atoms with Crippen LogP contribution in [0.5, 0.6) is 5.75 Å². The predicted octanol–water partition coefficient (Wildman–Crippen LogP) is 2.85. The smallest absolute Gasteiger partial charge is 0.312 e. The molecule has 1 atom stereocenters. The number of carbonyl (C=O) groups is 2. The second kappa shape index (κ2) is 6.64. The first-order chi connectivity index (χ1) is 12.0. The van der Waals surface area contributed by atoms with E-state index in [0.29, 0.717) is 17.0 Å². The molecule has 0 bridgehead atoms. The molecule has 0 fully saturated rings. The van der Waals surface area contributed by atoms with E-state index in [9.17, 15) is 9.59 Å². The number of para-hydroxylation sites is 1. The maximum atomic E-state index is 11.7. The predicted molar refractivity (Wildman–Crippen MR) is 93.4 cm³/mol. The molecule has 0 saturated carbocycles. The van der Waals surface area contributed by atoms with Crippen molar-refractivity contribution in [3.63, 3.8) is 0 Å². The lowest BCUT2D eigenvalue weighted by Crippen LogP contribution is -2.41. The van der Waals surface area contributed by atoms with Crippen molar-refractivity contribution in [3.8, 4) is 5.75 Å². The van der Waals surface area contributed by atoms with Gasteiger partial charge in [-0.05, 0) is 24.3 Å². The van der Waals surface area contributed by atoms with Crippen LogP contribution < -0.4 is 15.4 Å². The first-order valence-corrected chi connectivity index (χ1v) is 7.64. The summed E-state index contributed by atoms with van der Waals surface area (Å²) in [5.74, 6) is -1.94. The summed E-state index contributed by atoms with van der Waals surface area (Å²) in [7, 11) is 0. The Bertz CT molecular complexity index is 835. The summed E-state index contributed by atoms with van der Waals surface area (Å²) < 4.78 is 10.6. The van der Waals surface area contributed by atoms with Crippen LogP contribution in [0.15, 0.2) is 53.5 Å². The van der Waals surface area contributed by atoms with Gasteiger partial charge in [0.25, 0.3) is 0 Å². The summed E-state index contributed by atoms with van der Waals surface area (Å²) in [5.41, 5.74) is 1.93. The van der Waals surface area contributed by atoms with Crippen LogP contribution in [-0.4, -0.2) is 18.3 Å². The van der Waals surface area contributed by atoms with E-state index >= 15 is 0 Å². The molecule has 1 heterocycles. The molecule has 0 saturated heterocycles. The van der Waals surface area contributed by atoms with Crippen molar-refractivity contribution >= 4 is 29.7 Å². The maximum Gasteiger partial charge on any atom is 0.312 e. The lowest BCUT2D eigenvalue weighted by Gasteiger charge is -2.34. The van der Waals surface area contributed by atoms with Crippen molar-refractivity contribution in [3.05, 3.63) is 54.1 Å². The average Bonchev–Trinajstić information content (AvgIpc) is 2.54. The van der Waals surface area contributed by atoms with Gasteiger partial charge in [-0.25, -0.2) is 4.99 Å². The molecule has 0 amide bonds. The van der Waals surface area contributed by atoms with Gasteiger partial charge in [0.1, 0.15) is 5.75 Å². The molecule has 0 radical (unpaired) electrons. The van der Waals surface area contributed by atoms with E-state index < -0.39 is 17.8 Å². The first kappa shape index (κ1) is 16.5. The number of hydrogen-bond acceptors (Lipinski definition) is 7. The van der Waals surface area contributed by atoms with E-state index in [1.54, 1.807) is 18.2 Å². The van der Waals surface area contributed by atoms with Gasteiger partial charge in [-0.3, -0.25) is 9.59 Å². The number of fused-ring (bicyclic) bond motifs is 1. The summed E-state index contributed by atoms with van der Waals surface area (Å²) in [4.78, 5) is 27.2. The van der Waals surface area contributed by atoms with Crippen molar-refractivity contribution in [1.82, 2.24) is 0 Å². The molecule has 1 aliphatic rings. The van der Waals surface area contributed by atoms with E-state index in [4.69, 9.17) is 9.47 Å². The van der Waals surface area contributed by atoms with Gasteiger partial charge in [-0.1, -0.05) is 18.2 Å². The third-order valence-electron chi connectivity index (χ3n) is 3.46. The van der Waals surface area contributed by atoms with Gasteiger partial charge in [0.15, 0.2) is 0 Å². The van der Waals surface area contributed by atoms with E-state index in [1.165, 1.54) is 20.2 Å². The van der Waals surface area contributed by atoms with Crippen molar-refractivity contribution in [2.75, 3.05) is 10.6 Å². The topological polar surface area (TPSA) is 89.0 Å².